The Morgan fingerprint density at radius 2 is 1.95 bits per heavy atom. The normalized spacial score (nSPS) is 22.6. The summed E-state index contributed by atoms with van der Waals surface area (Å²) >= 11 is 12.4. The Bertz CT molecular complexity index is 1620. The van der Waals surface area contributed by atoms with E-state index in [1.54, 1.807) is 41.9 Å². The van der Waals surface area contributed by atoms with Crippen LogP contribution in [0.4, 0.5) is 11.6 Å². The fraction of sp³-hybridized carbons (Fsp3) is 0.484. The molecule has 2 bridgehead atoms. The number of amides is 1. The number of aliphatic imine (C=N–C) groups is 1. The molecule has 3 saturated carbocycles. The Balaban J connectivity index is 1.45. The van der Waals surface area contributed by atoms with E-state index in [0.29, 0.717) is 74.7 Å². The first-order valence-electron chi connectivity index (χ1n) is 14.5. The van der Waals surface area contributed by atoms with Gasteiger partial charge in [0, 0.05) is 36.6 Å². The highest BCUT2D eigenvalue weighted by atomic mass is 35.5. The van der Waals surface area contributed by atoms with Gasteiger partial charge in [-0.05, 0) is 78.3 Å². The zero-order chi connectivity index (χ0) is 31.1. The van der Waals surface area contributed by atoms with Crippen molar-refractivity contribution in [3.05, 3.63) is 62.4 Å². The number of halogens is 2. The van der Waals surface area contributed by atoms with Gasteiger partial charge in [0.05, 0.1) is 23.7 Å². The molecule has 12 heteroatoms. The molecule has 3 fully saturated rings. The molecule has 43 heavy (non-hydrogen) atoms. The quantitative estimate of drug-likeness (QED) is 0.187. The third kappa shape index (κ3) is 6.32. The molecule has 0 radical (unpaired) electrons. The lowest BCUT2D eigenvalue weighted by Gasteiger charge is -2.62. The molecule has 0 aliphatic heterocycles. The zero-order valence-electron chi connectivity index (χ0n) is 25.4. The number of anilines is 1. The Kier molecular flexibility index (Phi) is 8.92. The van der Waals surface area contributed by atoms with Crippen molar-refractivity contribution in [1.82, 2.24) is 25.7 Å². The molecule has 1 amide bonds. The fourth-order valence-electron chi connectivity index (χ4n) is 6.64. The lowest BCUT2D eigenvalue weighted by molar-refractivity contribution is -0.119. The third-order valence-electron chi connectivity index (χ3n) is 9.37. The van der Waals surface area contributed by atoms with Crippen LogP contribution >= 0.6 is 23.2 Å². The van der Waals surface area contributed by atoms with Crippen molar-refractivity contribution in [2.24, 2.45) is 28.2 Å². The highest BCUT2D eigenvalue weighted by molar-refractivity contribution is 6.35. The van der Waals surface area contributed by atoms with E-state index in [1.807, 2.05) is 6.07 Å². The summed E-state index contributed by atoms with van der Waals surface area (Å²) in [6.07, 6.45) is 2.80. The average Bonchev–Trinajstić information content (AvgIpc) is 2.96. The summed E-state index contributed by atoms with van der Waals surface area (Å²) in [6, 6.07) is 10.8. The minimum Gasteiger partial charge on any atom is -0.352 e. The largest absolute Gasteiger partial charge is 0.352 e. The van der Waals surface area contributed by atoms with Gasteiger partial charge in [0.2, 0.25) is 17.8 Å². The topological polar surface area (TPSA) is 113 Å². The van der Waals surface area contributed by atoms with Crippen molar-refractivity contribution in [2.45, 2.75) is 59.5 Å². The highest BCUT2D eigenvalue weighted by Crippen LogP contribution is 2.61. The van der Waals surface area contributed by atoms with Gasteiger partial charge in [-0.1, -0.05) is 50.0 Å². The average molecular weight is 629 g/mol. The minimum atomic E-state index is -0.233. The predicted molar refractivity (Wildman–Crippen MR) is 172 cm³/mol. The lowest BCUT2D eigenvalue weighted by Crippen LogP contribution is -2.62. The van der Waals surface area contributed by atoms with Gasteiger partial charge < -0.3 is 5.32 Å². The van der Waals surface area contributed by atoms with E-state index >= 15 is 0 Å². The second-order valence-corrected chi connectivity index (χ2v) is 13.1. The van der Waals surface area contributed by atoms with E-state index in [4.69, 9.17) is 38.0 Å². The zero-order valence-corrected chi connectivity index (χ0v) is 26.9. The van der Waals surface area contributed by atoms with Crippen LogP contribution < -0.4 is 26.8 Å². The number of benzene rings is 2. The number of hydrogen-bond donors (Lipinski definition) is 3. The predicted octanol–water partition coefficient (Wildman–Crippen LogP) is 5.23. The second-order valence-electron chi connectivity index (χ2n) is 12.2. The molecule has 230 valence electrons. The Morgan fingerprint density at radius 1 is 1.19 bits per heavy atom. The van der Waals surface area contributed by atoms with Gasteiger partial charge in [0.15, 0.2) is 0 Å². The number of hydroxylamine groups is 1. The van der Waals surface area contributed by atoms with Crippen LogP contribution in [0.2, 0.25) is 10.0 Å². The molecule has 3 aliphatic rings. The summed E-state index contributed by atoms with van der Waals surface area (Å²) in [6.45, 7) is 8.78. The number of hydrogen-bond acceptors (Lipinski definition) is 6. The summed E-state index contributed by atoms with van der Waals surface area (Å²) in [5, 5.41) is 6.53. The van der Waals surface area contributed by atoms with Gasteiger partial charge in [-0.2, -0.15) is 0 Å². The van der Waals surface area contributed by atoms with Gasteiger partial charge >= 0.3 is 0 Å². The molecule has 2 aromatic carbocycles. The number of aryl methyl sites for hydroxylation is 1. The summed E-state index contributed by atoms with van der Waals surface area (Å²) in [4.78, 5) is 40.4. The van der Waals surface area contributed by atoms with Crippen molar-refractivity contribution in [3.8, 4) is 0 Å². The molecule has 10 nitrogen and oxygen atoms in total. The molecule has 0 spiro atoms. The number of aromatic nitrogens is 2. The van der Waals surface area contributed by atoms with Crippen LogP contribution in [-0.4, -0.2) is 41.6 Å². The second kappa shape index (κ2) is 12.3. The molecule has 4 atom stereocenters. The first-order valence-corrected chi connectivity index (χ1v) is 15.3. The van der Waals surface area contributed by atoms with Crippen molar-refractivity contribution in [3.63, 3.8) is 0 Å². The smallest absolute Gasteiger partial charge is 0.262 e. The maximum absolute atomic E-state index is 13.7. The number of fused-ring (bicyclic) bond motifs is 3. The van der Waals surface area contributed by atoms with Gasteiger partial charge in [-0.25, -0.2) is 15.0 Å². The summed E-state index contributed by atoms with van der Waals surface area (Å²) in [5.74, 6) is 2.31. The van der Waals surface area contributed by atoms with Crippen LogP contribution in [0.5, 0.6) is 0 Å². The SMILES string of the molecule is CON(C)c1nc2cc(N=C(NNC(C)=O)N[C@H]3C[C@H]4C[C@H]([C@H]3C)C4(C)C)ccc2c(=O)n1CCc1ccc(Cl)cc1Cl. The van der Waals surface area contributed by atoms with Crippen LogP contribution in [0.15, 0.2) is 46.2 Å². The van der Waals surface area contributed by atoms with E-state index in [1.165, 1.54) is 25.5 Å². The van der Waals surface area contributed by atoms with E-state index in [-0.39, 0.29) is 17.5 Å². The molecular weight excluding hydrogens is 589 g/mol. The van der Waals surface area contributed by atoms with Crippen molar-refractivity contribution in [2.75, 3.05) is 19.2 Å². The van der Waals surface area contributed by atoms with E-state index in [2.05, 4.69) is 36.9 Å². The number of hydrazine groups is 1. The molecule has 3 N–H and O–H groups in total. The first-order chi connectivity index (χ1) is 20.4. The standard InChI is InChI=1S/C31H39Cl2N7O3/c1-17-24-13-20(31(24,3)4)14-26(17)35-29(38-37-18(2)41)34-22-9-10-23-27(16-22)36-30(39(5)43-6)40(28(23)42)12-11-19-7-8-21(32)15-25(19)33/h7-10,15-17,20,24,26H,11-14H2,1-6H3,(H,37,41)(H2,34,35,38)/t17-,20-,24-,26+/m1/s1. The molecule has 1 heterocycles. The van der Waals surface area contributed by atoms with Gasteiger partial charge in [-0.15, -0.1) is 0 Å². The highest BCUT2D eigenvalue weighted by Gasteiger charge is 2.56. The molecule has 1 aromatic heterocycles. The van der Waals surface area contributed by atoms with Gasteiger partial charge in [0.1, 0.15) is 0 Å². The van der Waals surface area contributed by atoms with Crippen LogP contribution in [0.1, 0.15) is 46.1 Å². The number of carbonyl (C=O) groups is 1. The van der Waals surface area contributed by atoms with E-state index in [0.717, 1.165) is 12.0 Å². The molecule has 3 aromatic rings. The number of nitrogens with zero attached hydrogens (tertiary/aromatic N) is 4. The minimum absolute atomic E-state index is 0.211. The molecule has 3 aliphatic carbocycles. The monoisotopic (exact) mass is 627 g/mol. The summed E-state index contributed by atoms with van der Waals surface area (Å²) in [7, 11) is 3.21. The fourth-order valence-corrected chi connectivity index (χ4v) is 7.14. The lowest BCUT2D eigenvalue weighted by atomic mass is 9.45. The molecule has 0 saturated heterocycles. The van der Waals surface area contributed by atoms with Crippen molar-refractivity contribution in [1.29, 1.82) is 0 Å². The van der Waals surface area contributed by atoms with Crippen LogP contribution in [0, 0.1) is 23.2 Å². The maximum Gasteiger partial charge on any atom is 0.262 e. The Morgan fingerprint density at radius 3 is 2.60 bits per heavy atom. The molecule has 0 unspecified atom stereocenters. The first kappa shape index (κ1) is 31.1. The summed E-state index contributed by atoms with van der Waals surface area (Å²) < 4.78 is 1.57. The number of guanidine groups is 1. The van der Waals surface area contributed by atoms with Gasteiger partial charge in [-0.3, -0.25) is 29.8 Å². The van der Waals surface area contributed by atoms with Crippen LogP contribution in [-0.2, 0) is 22.6 Å². The van der Waals surface area contributed by atoms with Gasteiger partial charge in [0.25, 0.3) is 5.56 Å². The van der Waals surface area contributed by atoms with Crippen molar-refractivity contribution < 1.29 is 9.63 Å². The van der Waals surface area contributed by atoms with Crippen molar-refractivity contribution >= 4 is 57.6 Å². The van der Waals surface area contributed by atoms with E-state index in [9.17, 15) is 9.59 Å². The Labute approximate surface area is 261 Å². The maximum atomic E-state index is 13.7. The number of nitrogens with one attached hydrogen (secondary N) is 3. The summed E-state index contributed by atoms with van der Waals surface area (Å²) in [5.41, 5.74) is 7.63. The van der Waals surface area contributed by atoms with Crippen LogP contribution in [0.3, 0.4) is 0 Å². The van der Waals surface area contributed by atoms with Crippen LogP contribution in [0.25, 0.3) is 10.9 Å². The van der Waals surface area contributed by atoms with E-state index < -0.39 is 0 Å². The molecular formula is C31H39Cl2N7O3. The molecule has 6 rings (SSSR count). The Hall–Kier alpha value is -3.34. The third-order valence-corrected chi connectivity index (χ3v) is 9.96. The number of rotatable bonds is 7. The number of carbonyl (C=O) groups excluding carboxylic acids is 1.